The Labute approximate surface area is 143 Å². The second kappa shape index (κ2) is 8.71. The number of anilines is 1. The van der Waals surface area contributed by atoms with Crippen LogP contribution in [0.2, 0.25) is 0 Å². The Kier molecular flexibility index (Phi) is 6.64. The third-order valence-electron chi connectivity index (χ3n) is 4.91. The van der Waals surface area contributed by atoms with Crippen molar-refractivity contribution in [1.29, 1.82) is 0 Å². The summed E-state index contributed by atoms with van der Waals surface area (Å²) in [7, 11) is 1.78. The fraction of sp³-hybridized carbons (Fsp3) is 0.579. The number of amides is 1. The van der Waals surface area contributed by atoms with Gasteiger partial charge in [0, 0.05) is 19.2 Å². The monoisotopic (exact) mass is 333 g/mol. The highest BCUT2D eigenvalue weighted by atomic mass is 16.5. The van der Waals surface area contributed by atoms with Crippen molar-refractivity contribution < 1.29 is 19.4 Å². The molecule has 0 bridgehead atoms. The molecule has 1 aromatic rings. The third kappa shape index (κ3) is 5.25. The van der Waals surface area contributed by atoms with Gasteiger partial charge in [-0.1, -0.05) is 39.0 Å². The number of carbonyl (C=O) groups excluding carboxylic acids is 1. The lowest BCUT2D eigenvalue weighted by Gasteiger charge is -2.28. The molecule has 0 radical (unpaired) electrons. The predicted octanol–water partition coefficient (Wildman–Crippen LogP) is 3.72. The van der Waals surface area contributed by atoms with E-state index in [0.29, 0.717) is 24.0 Å². The summed E-state index contributed by atoms with van der Waals surface area (Å²) >= 11 is 0. The molecule has 2 rings (SSSR count). The number of carboxylic acids is 1. The molecule has 1 aliphatic rings. The van der Waals surface area contributed by atoms with Crippen LogP contribution >= 0.6 is 0 Å². The summed E-state index contributed by atoms with van der Waals surface area (Å²) in [6.45, 7) is 1.82. The maximum Gasteiger partial charge on any atom is 0.341 e. The molecule has 1 aliphatic carbocycles. The molecule has 1 fully saturated rings. The lowest BCUT2D eigenvalue weighted by Crippen LogP contribution is -2.29. The Bertz CT molecular complexity index is 549. The maximum atomic E-state index is 12.5. The van der Waals surface area contributed by atoms with E-state index in [1.807, 2.05) is 0 Å². The van der Waals surface area contributed by atoms with Gasteiger partial charge < -0.3 is 14.7 Å². The predicted molar refractivity (Wildman–Crippen MR) is 93.3 cm³/mol. The number of carboxylic acid groups (broad SMARTS) is 1. The molecule has 0 saturated heterocycles. The molecule has 0 aliphatic heterocycles. The zero-order valence-electron chi connectivity index (χ0n) is 14.5. The Morgan fingerprint density at radius 3 is 2.42 bits per heavy atom. The molecule has 132 valence electrons. The van der Waals surface area contributed by atoms with Crippen molar-refractivity contribution in [2.24, 2.45) is 11.8 Å². The van der Waals surface area contributed by atoms with Crippen LogP contribution in [0.5, 0.6) is 5.75 Å². The topological polar surface area (TPSA) is 66.8 Å². The van der Waals surface area contributed by atoms with E-state index in [2.05, 4.69) is 6.92 Å². The minimum absolute atomic E-state index is 0.118. The maximum absolute atomic E-state index is 12.5. The van der Waals surface area contributed by atoms with Gasteiger partial charge in [0.05, 0.1) is 0 Å². The van der Waals surface area contributed by atoms with Crippen LogP contribution in [0.15, 0.2) is 24.3 Å². The first-order chi connectivity index (χ1) is 11.5. The second-order valence-corrected chi connectivity index (χ2v) is 6.71. The first kappa shape index (κ1) is 18.3. The van der Waals surface area contributed by atoms with Gasteiger partial charge in [-0.3, -0.25) is 4.79 Å². The van der Waals surface area contributed by atoms with E-state index in [1.165, 1.54) is 32.1 Å². The SMILES string of the molecule is CC(CC(=O)N(C)c1ccc(OCC(=O)O)cc1)C1CCCCC1. The van der Waals surface area contributed by atoms with Gasteiger partial charge in [0.15, 0.2) is 6.61 Å². The molecular weight excluding hydrogens is 306 g/mol. The molecule has 5 nitrogen and oxygen atoms in total. The van der Waals surface area contributed by atoms with Crippen molar-refractivity contribution in [1.82, 2.24) is 0 Å². The van der Waals surface area contributed by atoms with Crippen LogP contribution in [0.1, 0.15) is 45.4 Å². The number of rotatable bonds is 7. The molecule has 5 heteroatoms. The number of aliphatic carboxylic acids is 1. The summed E-state index contributed by atoms with van der Waals surface area (Å²) in [5.74, 6) is 0.675. The van der Waals surface area contributed by atoms with Gasteiger partial charge in [-0.15, -0.1) is 0 Å². The largest absolute Gasteiger partial charge is 0.482 e. The van der Waals surface area contributed by atoms with E-state index in [-0.39, 0.29) is 12.5 Å². The van der Waals surface area contributed by atoms with Crippen molar-refractivity contribution in [3.63, 3.8) is 0 Å². The zero-order valence-corrected chi connectivity index (χ0v) is 14.5. The van der Waals surface area contributed by atoms with Gasteiger partial charge in [0.2, 0.25) is 5.91 Å². The van der Waals surface area contributed by atoms with Crippen molar-refractivity contribution in [2.45, 2.75) is 45.4 Å². The molecule has 1 saturated carbocycles. The average Bonchev–Trinajstić information content (AvgIpc) is 2.60. The Morgan fingerprint density at radius 2 is 1.83 bits per heavy atom. The second-order valence-electron chi connectivity index (χ2n) is 6.71. The Balaban J connectivity index is 1.88. The van der Waals surface area contributed by atoms with Crippen LogP contribution in [0.3, 0.4) is 0 Å². The first-order valence-electron chi connectivity index (χ1n) is 8.68. The van der Waals surface area contributed by atoms with Gasteiger partial charge in [0.1, 0.15) is 5.75 Å². The van der Waals surface area contributed by atoms with Crippen LogP contribution in [0.4, 0.5) is 5.69 Å². The van der Waals surface area contributed by atoms with Gasteiger partial charge in [-0.25, -0.2) is 4.79 Å². The molecule has 0 spiro atoms. The van der Waals surface area contributed by atoms with E-state index >= 15 is 0 Å². The minimum atomic E-state index is -1.01. The van der Waals surface area contributed by atoms with Crippen LogP contribution < -0.4 is 9.64 Å². The molecular formula is C19H27NO4. The number of ether oxygens (including phenoxy) is 1. The number of carbonyl (C=O) groups is 2. The minimum Gasteiger partial charge on any atom is -0.482 e. The molecule has 1 N–H and O–H groups in total. The molecule has 1 atom stereocenters. The Morgan fingerprint density at radius 1 is 1.21 bits per heavy atom. The zero-order chi connectivity index (χ0) is 17.5. The van der Waals surface area contributed by atoms with Gasteiger partial charge >= 0.3 is 5.97 Å². The highest BCUT2D eigenvalue weighted by Gasteiger charge is 2.23. The summed E-state index contributed by atoms with van der Waals surface area (Å²) in [6, 6.07) is 6.93. The van der Waals surface area contributed by atoms with Gasteiger partial charge in [-0.05, 0) is 36.1 Å². The summed E-state index contributed by atoms with van der Waals surface area (Å²) in [5.41, 5.74) is 0.790. The smallest absolute Gasteiger partial charge is 0.341 e. The number of nitrogens with zero attached hydrogens (tertiary/aromatic N) is 1. The van der Waals surface area contributed by atoms with E-state index in [1.54, 1.807) is 36.2 Å². The van der Waals surface area contributed by atoms with E-state index in [4.69, 9.17) is 9.84 Å². The Hall–Kier alpha value is -2.04. The van der Waals surface area contributed by atoms with Crippen molar-refractivity contribution in [3.05, 3.63) is 24.3 Å². The average molecular weight is 333 g/mol. The van der Waals surface area contributed by atoms with Crippen LogP contribution in [0, 0.1) is 11.8 Å². The van der Waals surface area contributed by atoms with Gasteiger partial charge in [-0.2, -0.15) is 0 Å². The third-order valence-corrected chi connectivity index (χ3v) is 4.91. The van der Waals surface area contributed by atoms with E-state index in [0.717, 1.165) is 5.69 Å². The fourth-order valence-electron chi connectivity index (χ4n) is 3.34. The van der Waals surface area contributed by atoms with E-state index in [9.17, 15) is 9.59 Å². The van der Waals surface area contributed by atoms with Crippen LogP contribution in [-0.4, -0.2) is 30.6 Å². The molecule has 1 amide bonds. The first-order valence-corrected chi connectivity index (χ1v) is 8.68. The summed E-state index contributed by atoms with van der Waals surface area (Å²) < 4.78 is 5.10. The van der Waals surface area contributed by atoms with Crippen molar-refractivity contribution in [3.8, 4) is 5.75 Å². The van der Waals surface area contributed by atoms with Crippen LogP contribution in [0.25, 0.3) is 0 Å². The normalized spacial score (nSPS) is 16.4. The molecule has 24 heavy (non-hydrogen) atoms. The van der Waals surface area contributed by atoms with Gasteiger partial charge in [0.25, 0.3) is 0 Å². The molecule has 0 aromatic heterocycles. The molecule has 1 unspecified atom stereocenters. The standard InChI is InChI=1S/C19H27NO4/c1-14(15-6-4-3-5-7-15)12-18(21)20(2)16-8-10-17(11-9-16)24-13-19(22)23/h8-11,14-15H,3-7,12-13H2,1-2H3,(H,22,23). The summed E-state index contributed by atoms with van der Waals surface area (Å²) in [5, 5.41) is 8.60. The number of benzene rings is 1. The number of hydrogen-bond acceptors (Lipinski definition) is 3. The highest BCUT2D eigenvalue weighted by molar-refractivity contribution is 5.92. The van der Waals surface area contributed by atoms with Crippen molar-refractivity contribution >= 4 is 17.6 Å². The highest BCUT2D eigenvalue weighted by Crippen LogP contribution is 2.32. The summed E-state index contributed by atoms with van der Waals surface area (Å²) in [4.78, 5) is 24.7. The fourth-order valence-corrected chi connectivity index (χ4v) is 3.34. The molecule has 1 aromatic carbocycles. The summed E-state index contributed by atoms with van der Waals surface area (Å²) in [6.07, 6.45) is 6.96. The van der Waals surface area contributed by atoms with Crippen molar-refractivity contribution in [2.75, 3.05) is 18.6 Å². The lowest BCUT2D eigenvalue weighted by atomic mass is 9.79. The van der Waals surface area contributed by atoms with Crippen LogP contribution in [-0.2, 0) is 9.59 Å². The molecule has 0 heterocycles. The lowest BCUT2D eigenvalue weighted by molar-refractivity contribution is -0.139. The van der Waals surface area contributed by atoms with E-state index < -0.39 is 5.97 Å². The number of hydrogen-bond donors (Lipinski definition) is 1. The quantitative estimate of drug-likeness (QED) is 0.826.